The molecule has 0 spiro atoms. The number of nitrogens with zero attached hydrogens (tertiary/aromatic N) is 6. The van der Waals surface area contributed by atoms with Crippen LogP contribution in [0, 0.1) is 11.3 Å². The summed E-state index contributed by atoms with van der Waals surface area (Å²) in [5.41, 5.74) is 0.792. The lowest BCUT2D eigenvalue weighted by Crippen LogP contribution is -2.00. The lowest BCUT2D eigenvalue weighted by atomic mass is 10.2. The van der Waals surface area contributed by atoms with E-state index in [9.17, 15) is 0 Å². The average molecular weight is 282 g/mol. The molecular weight excluding hydrogens is 272 g/mol. The van der Waals surface area contributed by atoms with Gasteiger partial charge in [-0.05, 0) is 12.1 Å². The number of methoxy groups -OCH3 is 1. The third kappa shape index (κ3) is 2.71. The second-order valence-electron chi connectivity index (χ2n) is 4.12. The van der Waals surface area contributed by atoms with Gasteiger partial charge < -0.3 is 9.26 Å². The fraction of sp³-hybridized carbons (Fsp3) is 0.154. The number of rotatable bonds is 4. The molecule has 0 saturated heterocycles. The molecule has 0 N–H and O–H groups in total. The molecule has 21 heavy (non-hydrogen) atoms. The number of aromatic nitrogens is 5. The third-order valence-corrected chi connectivity index (χ3v) is 2.73. The Kier molecular flexibility index (Phi) is 3.31. The Morgan fingerprint density at radius 2 is 2.33 bits per heavy atom. The first-order valence-corrected chi connectivity index (χ1v) is 6.05. The van der Waals surface area contributed by atoms with Gasteiger partial charge in [0.15, 0.2) is 0 Å². The molecule has 3 rings (SSSR count). The van der Waals surface area contributed by atoms with Crippen molar-refractivity contribution in [2.75, 3.05) is 7.11 Å². The molecule has 0 unspecified atom stereocenters. The Bertz CT molecular complexity index is 801. The molecular formula is C13H10N6O2. The summed E-state index contributed by atoms with van der Waals surface area (Å²) in [5.74, 6) is 1.66. The molecule has 0 bridgehead atoms. The van der Waals surface area contributed by atoms with Crippen molar-refractivity contribution in [3.63, 3.8) is 0 Å². The van der Waals surface area contributed by atoms with E-state index in [1.807, 2.05) is 30.3 Å². The Balaban J connectivity index is 1.81. The summed E-state index contributed by atoms with van der Waals surface area (Å²) in [7, 11) is 1.60. The predicted octanol–water partition coefficient (Wildman–Crippen LogP) is 1.26. The Hall–Kier alpha value is -3.21. The first-order chi connectivity index (χ1) is 10.3. The number of nitriles is 1. The summed E-state index contributed by atoms with van der Waals surface area (Å²) in [6.07, 6.45) is 1.44. The Morgan fingerprint density at radius 3 is 3.10 bits per heavy atom. The van der Waals surface area contributed by atoms with E-state index in [-0.39, 0.29) is 12.4 Å². The van der Waals surface area contributed by atoms with E-state index < -0.39 is 0 Å². The number of benzene rings is 1. The zero-order valence-corrected chi connectivity index (χ0v) is 11.1. The van der Waals surface area contributed by atoms with Crippen molar-refractivity contribution in [1.82, 2.24) is 24.9 Å². The smallest absolute Gasteiger partial charge is 0.252 e. The van der Waals surface area contributed by atoms with Gasteiger partial charge in [-0.25, -0.2) is 9.67 Å². The maximum Gasteiger partial charge on any atom is 0.252 e. The molecule has 0 saturated carbocycles. The van der Waals surface area contributed by atoms with Gasteiger partial charge in [-0.2, -0.15) is 10.2 Å². The molecule has 0 aliphatic rings. The van der Waals surface area contributed by atoms with E-state index in [0.29, 0.717) is 17.5 Å². The van der Waals surface area contributed by atoms with Crippen molar-refractivity contribution in [2.45, 2.75) is 6.54 Å². The van der Waals surface area contributed by atoms with Gasteiger partial charge in [-0.3, -0.25) is 0 Å². The van der Waals surface area contributed by atoms with Gasteiger partial charge in [-0.15, -0.1) is 5.10 Å². The van der Waals surface area contributed by atoms with Crippen molar-refractivity contribution < 1.29 is 9.26 Å². The van der Waals surface area contributed by atoms with Crippen molar-refractivity contribution in [2.24, 2.45) is 0 Å². The van der Waals surface area contributed by atoms with Crippen LogP contribution in [0.2, 0.25) is 0 Å². The maximum atomic E-state index is 8.67. The number of ether oxygens (including phenoxy) is 1. The minimum Gasteiger partial charge on any atom is -0.497 e. The Labute approximate surface area is 119 Å². The molecule has 1 aromatic carbocycles. The van der Waals surface area contributed by atoms with Crippen molar-refractivity contribution in [3.8, 4) is 23.2 Å². The van der Waals surface area contributed by atoms with Crippen LogP contribution in [-0.4, -0.2) is 32.0 Å². The van der Waals surface area contributed by atoms with E-state index in [4.69, 9.17) is 14.5 Å². The first kappa shape index (κ1) is 12.8. The van der Waals surface area contributed by atoms with E-state index >= 15 is 0 Å². The topological polar surface area (TPSA) is 103 Å². The van der Waals surface area contributed by atoms with Crippen LogP contribution in [0.5, 0.6) is 5.75 Å². The van der Waals surface area contributed by atoms with Crippen LogP contribution >= 0.6 is 0 Å². The van der Waals surface area contributed by atoms with Gasteiger partial charge in [0, 0.05) is 5.56 Å². The third-order valence-electron chi connectivity index (χ3n) is 2.73. The van der Waals surface area contributed by atoms with Gasteiger partial charge in [0.2, 0.25) is 11.7 Å². The van der Waals surface area contributed by atoms with E-state index in [1.54, 1.807) is 7.11 Å². The Morgan fingerprint density at radius 1 is 1.43 bits per heavy atom. The molecule has 2 aromatic heterocycles. The van der Waals surface area contributed by atoms with Crippen LogP contribution in [-0.2, 0) is 6.54 Å². The van der Waals surface area contributed by atoms with Crippen LogP contribution in [0.25, 0.3) is 11.4 Å². The molecule has 0 amide bonds. The zero-order chi connectivity index (χ0) is 14.7. The quantitative estimate of drug-likeness (QED) is 0.709. The number of hydrogen-bond acceptors (Lipinski definition) is 7. The fourth-order valence-electron chi connectivity index (χ4n) is 1.76. The largest absolute Gasteiger partial charge is 0.497 e. The molecule has 8 nitrogen and oxygen atoms in total. The van der Waals surface area contributed by atoms with Crippen molar-refractivity contribution in [1.29, 1.82) is 5.26 Å². The normalized spacial score (nSPS) is 10.3. The summed E-state index contributed by atoms with van der Waals surface area (Å²) in [5, 5.41) is 16.5. The molecule has 104 valence electrons. The van der Waals surface area contributed by atoms with Crippen molar-refractivity contribution in [3.05, 3.63) is 42.3 Å². The lowest BCUT2D eigenvalue weighted by Gasteiger charge is -1.99. The van der Waals surface area contributed by atoms with Gasteiger partial charge in [0.05, 0.1) is 7.11 Å². The summed E-state index contributed by atoms with van der Waals surface area (Å²) < 4.78 is 11.8. The summed E-state index contributed by atoms with van der Waals surface area (Å²) in [4.78, 5) is 8.08. The van der Waals surface area contributed by atoms with Crippen LogP contribution < -0.4 is 4.74 Å². The minimum atomic E-state index is 0.0996. The monoisotopic (exact) mass is 282 g/mol. The SMILES string of the molecule is COc1cccc(-c2noc(Cn3cnc(C#N)n3)n2)c1. The second kappa shape index (κ2) is 5.42. The summed E-state index contributed by atoms with van der Waals surface area (Å²) in [6.45, 7) is 0.256. The lowest BCUT2D eigenvalue weighted by molar-refractivity contribution is 0.366. The molecule has 0 fully saturated rings. The zero-order valence-electron chi connectivity index (χ0n) is 11.1. The maximum absolute atomic E-state index is 8.67. The van der Waals surface area contributed by atoms with Gasteiger partial charge >= 0.3 is 0 Å². The van der Waals surface area contributed by atoms with Crippen molar-refractivity contribution >= 4 is 0 Å². The van der Waals surface area contributed by atoms with Crippen LogP contribution in [0.4, 0.5) is 0 Å². The van der Waals surface area contributed by atoms with Gasteiger partial charge in [-0.1, -0.05) is 17.3 Å². The standard InChI is InChI=1S/C13H10N6O2/c1-20-10-4-2-3-9(5-10)13-16-12(21-18-13)7-19-8-15-11(6-14)17-19/h2-5,8H,7H2,1H3. The molecule has 8 heteroatoms. The highest BCUT2D eigenvalue weighted by Gasteiger charge is 2.10. The average Bonchev–Trinajstić information content (AvgIpc) is 3.17. The first-order valence-electron chi connectivity index (χ1n) is 6.05. The van der Waals surface area contributed by atoms with E-state index in [1.165, 1.54) is 11.0 Å². The molecule has 0 aliphatic carbocycles. The highest BCUT2D eigenvalue weighted by molar-refractivity contribution is 5.56. The molecule has 0 atom stereocenters. The van der Waals surface area contributed by atoms with Gasteiger partial charge in [0.25, 0.3) is 5.82 Å². The van der Waals surface area contributed by atoms with Gasteiger partial charge in [0.1, 0.15) is 24.7 Å². The molecule has 0 aliphatic heterocycles. The number of hydrogen-bond donors (Lipinski definition) is 0. The minimum absolute atomic E-state index is 0.0996. The second-order valence-corrected chi connectivity index (χ2v) is 4.12. The highest BCUT2D eigenvalue weighted by Crippen LogP contribution is 2.21. The molecule has 3 aromatic rings. The molecule has 2 heterocycles. The van der Waals surface area contributed by atoms with Crippen LogP contribution in [0.15, 0.2) is 35.1 Å². The van der Waals surface area contributed by atoms with Crippen LogP contribution in [0.3, 0.4) is 0 Å². The fourth-order valence-corrected chi connectivity index (χ4v) is 1.76. The highest BCUT2D eigenvalue weighted by atomic mass is 16.5. The summed E-state index contributed by atoms with van der Waals surface area (Å²) >= 11 is 0. The van der Waals surface area contributed by atoms with E-state index in [0.717, 1.165) is 5.56 Å². The van der Waals surface area contributed by atoms with E-state index in [2.05, 4.69) is 20.2 Å². The van der Waals surface area contributed by atoms with Crippen LogP contribution in [0.1, 0.15) is 11.7 Å². The molecule has 0 radical (unpaired) electrons. The summed E-state index contributed by atoms with van der Waals surface area (Å²) in [6, 6.07) is 9.22. The predicted molar refractivity (Wildman–Crippen MR) is 70.1 cm³/mol.